The summed E-state index contributed by atoms with van der Waals surface area (Å²) in [5.41, 5.74) is 3.12. The minimum absolute atomic E-state index is 0.243. The largest absolute Gasteiger partial charge is 0.490 e. The van der Waals surface area contributed by atoms with Gasteiger partial charge in [-0.3, -0.25) is 4.57 Å². The van der Waals surface area contributed by atoms with Crippen LogP contribution in [0.4, 0.5) is 0 Å². The van der Waals surface area contributed by atoms with Gasteiger partial charge in [0.25, 0.3) is 0 Å². The summed E-state index contributed by atoms with van der Waals surface area (Å²) in [4.78, 5) is 4.53. The van der Waals surface area contributed by atoms with Crippen molar-refractivity contribution in [2.45, 2.75) is 38.3 Å². The maximum atomic E-state index is 5.81. The highest BCUT2D eigenvalue weighted by Gasteiger charge is 2.21. The first-order valence-electron chi connectivity index (χ1n) is 9.24. The van der Waals surface area contributed by atoms with Gasteiger partial charge in [0.05, 0.1) is 12.2 Å². The number of nitrogens with zero attached hydrogens (tertiary/aromatic N) is 5. The average molecular weight is 350 g/mol. The molecule has 26 heavy (non-hydrogen) atoms. The second-order valence-electron chi connectivity index (χ2n) is 7.11. The van der Waals surface area contributed by atoms with Crippen LogP contribution in [-0.2, 0) is 6.42 Å². The monoisotopic (exact) mass is 350 g/mol. The van der Waals surface area contributed by atoms with Gasteiger partial charge in [-0.2, -0.15) is 0 Å². The summed E-state index contributed by atoms with van der Waals surface area (Å²) in [5.74, 6) is 1.80. The summed E-state index contributed by atoms with van der Waals surface area (Å²) in [6.07, 6.45) is 9.16. The van der Waals surface area contributed by atoms with Crippen LogP contribution in [-0.4, -0.2) is 43.7 Å². The van der Waals surface area contributed by atoms with Crippen LogP contribution in [0.3, 0.4) is 0 Å². The van der Waals surface area contributed by atoms with Crippen molar-refractivity contribution in [3.63, 3.8) is 0 Å². The third-order valence-corrected chi connectivity index (χ3v) is 5.22. The molecule has 2 aliphatic rings. The van der Waals surface area contributed by atoms with Gasteiger partial charge >= 0.3 is 0 Å². The molecule has 1 atom stereocenters. The highest BCUT2D eigenvalue weighted by molar-refractivity contribution is 5.55. The van der Waals surface area contributed by atoms with Crippen LogP contribution in [0.5, 0.6) is 5.75 Å². The van der Waals surface area contributed by atoms with E-state index < -0.39 is 0 Å². The minimum Gasteiger partial charge on any atom is -0.490 e. The molecule has 2 aromatic heterocycles. The number of nitrogens with one attached hydrogen (secondary N) is 1. The third-order valence-electron chi connectivity index (χ3n) is 5.22. The SMILES string of the molecule is CC1Cc2cc(-n3ccnc3-c3cn(C4CCNCC4)nn3)ccc2O1. The van der Waals surface area contributed by atoms with Crippen molar-refractivity contribution >= 4 is 0 Å². The Morgan fingerprint density at radius 3 is 3.00 bits per heavy atom. The predicted molar refractivity (Wildman–Crippen MR) is 97.5 cm³/mol. The molecule has 1 unspecified atom stereocenters. The Bertz CT molecular complexity index is 924. The van der Waals surface area contributed by atoms with Gasteiger partial charge in [0, 0.05) is 24.5 Å². The van der Waals surface area contributed by atoms with Crippen molar-refractivity contribution in [2.75, 3.05) is 13.1 Å². The number of fused-ring (bicyclic) bond motifs is 1. The number of hydrogen-bond donors (Lipinski definition) is 1. The van der Waals surface area contributed by atoms with Crippen LogP contribution in [0.1, 0.15) is 31.4 Å². The molecule has 134 valence electrons. The lowest BCUT2D eigenvalue weighted by Crippen LogP contribution is -2.29. The number of imidazole rings is 1. The zero-order chi connectivity index (χ0) is 17.5. The third kappa shape index (κ3) is 2.68. The second kappa shape index (κ2) is 6.25. The minimum atomic E-state index is 0.243. The molecule has 7 heteroatoms. The standard InChI is InChI=1S/C19H22N6O/c1-13-10-14-11-16(2-3-18(14)26-13)24-9-8-21-19(24)17-12-25(23-22-17)15-4-6-20-7-5-15/h2-3,8-9,11-13,15,20H,4-7,10H2,1H3. The molecule has 0 bridgehead atoms. The van der Waals surface area contributed by atoms with Crippen LogP contribution in [0.15, 0.2) is 36.8 Å². The van der Waals surface area contributed by atoms with Gasteiger partial charge in [-0.15, -0.1) is 5.10 Å². The predicted octanol–water partition coefficient (Wildman–Crippen LogP) is 2.38. The fraction of sp³-hybridized carbons (Fsp3) is 0.421. The Kier molecular flexibility index (Phi) is 3.74. The fourth-order valence-electron chi connectivity index (χ4n) is 3.89. The Hall–Kier alpha value is -2.67. The molecule has 1 aromatic carbocycles. The number of aromatic nitrogens is 5. The van der Waals surface area contributed by atoms with Crippen LogP contribution in [0, 0.1) is 0 Å². The van der Waals surface area contributed by atoms with E-state index in [1.165, 1.54) is 5.56 Å². The van der Waals surface area contributed by atoms with Crippen molar-refractivity contribution in [3.8, 4) is 23.0 Å². The van der Waals surface area contributed by atoms with Gasteiger partial charge in [0.1, 0.15) is 17.5 Å². The molecule has 2 aliphatic heterocycles. The van der Waals surface area contributed by atoms with Crippen LogP contribution in [0.25, 0.3) is 17.2 Å². The molecule has 5 rings (SSSR count). The Balaban J connectivity index is 1.47. The summed E-state index contributed by atoms with van der Waals surface area (Å²) in [6, 6.07) is 6.71. The van der Waals surface area contributed by atoms with Crippen LogP contribution in [0.2, 0.25) is 0 Å². The average Bonchev–Trinajstić information content (AvgIpc) is 3.39. The molecule has 3 aromatic rings. The van der Waals surface area contributed by atoms with Crippen molar-refractivity contribution in [1.82, 2.24) is 29.9 Å². The molecule has 4 heterocycles. The molecule has 1 saturated heterocycles. The zero-order valence-electron chi connectivity index (χ0n) is 14.8. The molecule has 1 N–H and O–H groups in total. The highest BCUT2D eigenvalue weighted by Crippen LogP contribution is 2.31. The number of hydrogen-bond acceptors (Lipinski definition) is 5. The van der Waals surface area contributed by atoms with Gasteiger partial charge in [-0.1, -0.05) is 5.21 Å². The van der Waals surface area contributed by atoms with Crippen molar-refractivity contribution < 1.29 is 4.74 Å². The van der Waals surface area contributed by atoms with Gasteiger partial charge in [-0.25, -0.2) is 9.67 Å². The zero-order valence-corrected chi connectivity index (χ0v) is 14.8. The number of ether oxygens (including phenoxy) is 1. The number of benzene rings is 1. The van der Waals surface area contributed by atoms with E-state index in [0.717, 1.165) is 55.3 Å². The molecule has 0 amide bonds. The van der Waals surface area contributed by atoms with Gasteiger partial charge in [0.15, 0.2) is 5.82 Å². The van der Waals surface area contributed by atoms with Gasteiger partial charge in [0.2, 0.25) is 0 Å². The van der Waals surface area contributed by atoms with Crippen molar-refractivity contribution in [1.29, 1.82) is 0 Å². The molecule has 7 nitrogen and oxygen atoms in total. The Labute approximate surface area is 152 Å². The normalized spacial score (nSPS) is 20.1. The fourth-order valence-corrected chi connectivity index (χ4v) is 3.89. The molecule has 0 saturated carbocycles. The lowest BCUT2D eigenvalue weighted by molar-refractivity contribution is 0.254. The van der Waals surface area contributed by atoms with E-state index in [2.05, 4.69) is 44.2 Å². The molecular weight excluding hydrogens is 328 g/mol. The molecule has 0 spiro atoms. The number of piperidine rings is 1. The Morgan fingerprint density at radius 2 is 2.12 bits per heavy atom. The van der Waals surface area contributed by atoms with E-state index in [4.69, 9.17) is 4.74 Å². The summed E-state index contributed by atoms with van der Waals surface area (Å²) < 4.78 is 9.87. The highest BCUT2D eigenvalue weighted by atomic mass is 16.5. The van der Waals surface area contributed by atoms with Crippen molar-refractivity contribution in [2.24, 2.45) is 0 Å². The quantitative estimate of drug-likeness (QED) is 0.785. The maximum Gasteiger partial charge on any atom is 0.166 e. The molecule has 0 radical (unpaired) electrons. The van der Waals surface area contributed by atoms with E-state index in [0.29, 0.717) is 6.04 Å². The Morgan fingerprint density at radius 1 is 1.23 bits per heavy atom. The van der Waals surface area contributed by atoms with Gasteiger partial charge < -0.3 is 10.1 Å². The first-order valence-corrected chi connectivity index (χ1v) is 9.24. The van der Waals surface area contributed by atoms with Gasteiger partial charge in [-0.05, 0) is 56.6 Å². The van der Waals surface area contributed by atoms with Crippen molar-refractivity contribution in [3.05, 3.63) is 42.4 Å². The first-order chi connectivity index (χ1) is 12.8. The molecular formula is C19H22N6O. The summed E-state index contributed by atoms with van der Waals surface area (Å²) in [5, 5.41) is 12.1. The van der Waals surface area contributed by atoms with Crippen LogP contribution >= 0.6 is 0 Å². The first kappa shape index (κ1) is 15.6. The smallest absolute Gasteiger partial charge is 0.166 e. The van der Waals surface area contributed by atoms with E-state index in [1.807, 2.05) is 29.3 Å². The molecule has 1 fully saturated rings. The van der Waals surface area contributed by atoms with E-state index in [-0.39, 0.29) is 6.10 Å². The van der Waals surface area contributed by atoms with E-state index in [1.54, 1.807) is 0 Å². The lowest BCUT2D eigenvalue weighted by Gasteiger charge is -2.22. The summed E-state index contributed by atoms with van der Waals surface area (Å²) in [6.45, 7) is 4.16. The number of rotatable bonds is 3. The van der Waals surface area contributed by atoms with E-state index >= 15 is 0 Å². The molecule has 0 aliphatic carbocycles. The summed E-state index contributed by atoms with van der Waals surface area (Å²) in [7, 11) is 0. The topological polar surface area (TPSA) is 69.8 Å². The summed E-state index contributed by atoms with van der Waals surface area (Å²) >= 11 is 0. The van der Waals surface area contributed by atoms with Crippen LogP contribution < -0.4 is 10.1 Å². The second-order valence-corrected chi connectivity index (χ2v) is 7.11. The van der Waals surface area contributed by atoms with E-state index in [9.17, 15) is 0 Å². The maximum absolute atomic E-state index is 5.81. The lowest BCUT2D eigenvalue weighted by atomic mass is 10.1.